The zero-order chi connectivity index (χ0) is 11.8. The number of halogens is 3. The Labute approximate surface area is 109 Å². The fourth-order valence-corrected chi connectivity index (χ4v) is 1.97. The van der Waals surface area contributed by atoms with Crippen molar-refractivity contribution < 1.29 is 5.11 Å². The van der Waals surface area contributed by atoms with Crippen molar-refractivity contribution in [3.8, 4) is 0 Å². The van der Waals surface area contributed by atoms with Gasteiger partial charge in [-0.15, -0.1) is 0 Å². The van der Waals surface area contributed by atoms with E-state index in [2.05, 4.69) is 10.3 Å². The van der Waals surface area contributed by atoms with Gasteiger partial charge in [-0.2, -0.15) is 0 Å². The second-order valence-corrected chi connectivity index (χ2v) is 5.28. The molecule has 0 radical (unpaired) electrons. The van der Waals surface area contributed by atoms with Gasteiger partial charge >= 0.3 is 0 Å². The standard InChI is InChI=1S/C10H11Cl3N2O/c11-6-3-7(12)9(15-8(6)13)14-4-10(5-16)1-2-10/h3,16H,1-2,4-5H2,(H,14,15). The third kappa shape index (κ3) is 2.54. The molecule has 3 nitrogen and oxygen atoms in total. The van der Waals surface area contributed by atoms with E-state index in [0.29, 0.717) is 22.4 Å². The molecule has 0 aromatic carbocycles. The number of aliphatic hydroxyl groups excluding tert-OH is 1. The molecular weight excluding hydrogens is 270 g/mol. The molecule has 0 spiro atoms. The zero-order valence-corrected chi connectivity index (χ0v) is 10.7. The molecule has 1 aromatic rings. The molecule has 1 saturated carbocycles. The second-order valence-electron chi connectivity index (χ2n) is 4.10. The minimum Gasteiger partial charge on any atom is -0.396 e. The molecule has 2 N–H and O–H groups in total. The number of hydrogen-bond acceptors (Lipinski definition) is 3. The molecule has 0 saturated heterocycles. The SMILES string of the molecule is OCC1(CNc2nc(Cl)c(Cl)cc2Cl)CC1. The van der Waals surface area contributed by atoms with Crippen LogP contribution in [0.1, 0.15) is 12.8 Å². The lowest BCUT2D eigenvalue weighted by molar-refractivity contribution is 0.219. The topological polar surface area (TPSA) is 45.1 Å². The fourth-order valence-electron chi connectivity index (χ4n) is 1.41. The van der Waals surface area contributed by atoms with Crippen LogP contribution < -0.4 is 5.32 Å². The van der Waals surface area contributed by atoms with E-state index in [1.165, 1.54) is 0 Å². The summed E-state index contributed by atoms with van der Waals surface area (Å²) in [6.45, 7) is 0.827. The van der Waals surface area contributed by atoms with Crippen LogP contribution in [0.15, 0.2) is 6.07 Å². The van der Waals surface area contributed by atoms with Gasteiger partial charge in [0.25, 0.3) is 0 Å². The highest BCUT2D eigenvalue weighted by atomic mass is 35.5. The Morgan fingerprint density at radius 3 is 2.56 bits per heavy atom. The fraction of sp³-hybridized carbons (Fsp3) is 0.500. The van der Waals surface area contributed by atoms with Gasteiger partial charge in [0.1, 0.15) is 11.0 Å². The number of aliphatic hydroxyl groups is 1. The molecular formula is C10H11Cl3N2O. The summed E-state index contributed by atoms with van der Waals surface area (Å²) >= 11 is 17.5. The van der Waals surface area contributed by atoms with E-state index in [4.69, 9.17) is 39.9 Å². The first kappa shape index (κ1) is 12.2. The highest BCUT2D eigenvalue weighted by Gasteiger charge is 2.41. The molecule has 0 atom stereocenters. The van der Waals surface area contributed by atoms with Crippen molar-refractivity contribution in [3.05, 3.63) is 21.3 Å². The Morgan fingerprint density at radius 1 is 1.31 bits per heavy atom. The molecule has 0 bridgehead atoms. The molecule has 6 heteroatoms. The zero-order valence-electron chi connectivity index (χ0n) is 8.43. The summed E-state index contributed by atoms with van der Waals surface area (Å²) in [6, 6.07) is 1.55. The van der Waals surface area contributed by atoms with Crippen LogP contribution in [0.25, 0.3) is 0 Å². The van der Waals surface area contributed by atoms with Gasteiger partial charge in [0.15, 0.2) is 0 Å². The van der Waals surface area contributed by atoms with Crippen LogP contribution in [-0.2, 0) is 0 Å². The van der Waals surface area contributed by atoms with E-state index in [1.54, 1.807) is 6.07 Å². The molecule has 2 rings (SSSR count). The molecule has 1 fully saturated rings. The van der Waals surface area contributed by atoms with Gasteiger partial charge in [-0.3, -0.25) is 0 Å². The normalized spacial score (nSPS) is 17.2. The summed E-state index contributed by atoms with van der Waals surface area (Å²) in [6.07, 6.45) is 2.05. The van der Waals surface area contributed by atoms with Crippen molar-refractivity contribution >= 4 is 40.6 Å². The van der Waals surface area contributed by atoms with Crippen LogP contribution in [0, 0.1) is 5.41 Å². The summed E-state index contributed by atoms with van der Waals surface area (Å²) in [5.74, 6) is 0.510. The lowest BCUT2D eigenvalue weighted by atomic mass is 10.1. The predicted molar refractivity (Wildman–Crippen MR) is 66.5 cm³/mol. The maximum absolute atomic E-state index is 9.16. The minimum atomic E-state index is -0.00286. The van der Waals surface area contributed by atoms with E-state index in [0.717, 1.165) is 12.8 Å². The highest BCUT2D eigenvalue weighted by molar-refractivity contribution is 6.42. The molecule has 16 heavy (non-hydrogen) atoms. The number of nitrogens with one attached hydrogen (secondary N) is 1. The third-order valence-corrected chi connectivity index (χ3v) is 3.77. The smallest absolute Gasteiger partial charge is 0.150 e. The molecule has 1 aromatic heterocycles. The van der Waals surface area contributed by atoms with Gasteiger partial charge in [0.2, 0.25) is 0 Å². The summed E-state index contributed by atoms with van der Waals surface area (Å²) in [5.41, 5.74) is -0.00286. The van der Waals surface area contributed by atoms with Crippen molar-refractivity contribution in [2.75, 3.05) is 18.5 Å². The number of nitrogens with zero attached hydrogens (tertiary/aromatic N) is 1. The Morgan fingerprint density at radius 2 is 2.00 bits per heavy atom. The minimum absolute atomic E-state index is 0.00286. The lowest BCUT2D eigenvalue weighted by Crippen LogP contribution is -2.19. The Hall–Kier alpha value is -0.220. The average Bonchev–Trinajstić information content (AvgIpc) is 3.02. The second kappa shape index (κ2) is 4.57. The summed E-state index contributed by atoms with van der Waals surface area (Å²) in [4.78, 5) is 4.05. The number of aromatic nitrogens is 1. The Bertz CT molecular complexity index is 407. The third-order valence-electron chi connectivity index (χ3n) is 2.81. The van der Waals surface area contributed by atoms with Crippen LogP contribution in [-0.4, -0.2) is 23.2 Å². The van der Waals surface area contributed by atoms with Crippen molar-refractivity contribution in [2.45, 2.75) is 12.8 Å². The first-order valence-corrected chi connectivity index (χ1v) is 6.06. The predicted octanol–water partition coefficient (Wildman–Crippen LogP) is 3.23. The quantitative estimate of drug-likeness (QED) is 0.833. The molecule has 0 aliphatic heterocycles. The van der Waals surface area contributed by atoms with Gasteiger partial charge in [-0.05, 0) is 18.9 Å². The monoisotopic (exact) mass is 280 g/mol. The van der Waals surface area contributed by atoms with E-state index in [-0.39, 0.29) is 17.2 Å². The van der Waals surface area contributed by atoms with Gasteiger partial charge in [0.05, 0.1) is 16.7 Å². The molecule has 88 valence electrons. The number of rotatable bonds is 4. The van der Waals surface area contributed by atoms with Gasteiger partial charge in [0, 0.05) is 12.0 Å². The number of anilines is 1. The van der Waals surface area contributed by atoms with Gasteiger partial charge in [-0.1, -0.05) is 34.8 Å². The first-order valence-electron chi connectivity index (χ1n) is 4.93. The van der Waals surface area contributed by atoms with Crippen molar-refractivity contribution in [1.29, 1.82) is 0 Å². The number of hydrogen-bond donors (Lipinski definition) is 2. The van der Waals surface area contributed by atoms with Gasteiger partial charge in [-0.25, -0.2) is 4.98 Å². The van der Waals surface area contributed by atoms with Crippen LogP contribution in [0.2, 0.25) is 15.2 Å². The number of pyridine rings is 1. The highest BCUT2D eigenvalue weighted by Crippen LogP contribution is 2.45. The van der Waals surface area contributed by atoms with E-state index < -0.39 is 0 Å². The Kier molecular flexibility index (Phi) is 3.50. The van der Waals surface area contributed by atoms with Crippen molar-refractivity contribution in [3.63, 3.8) is 0 Å². The summed E-state index contributed by atoms with van der Waals surface area (Å²) < 4.78 is 0. The average molecular weight is 282 g/mol. The first-order chi connectivity index (χ1) is 7.56. The molecule has 1 aliphatic carbocycles. The van der Waals surface area contributed by atoms with E-state index >= 15 is 0 Å². The van der Waals surface area contributed by atoms with Gasteiger partial charge < -0.3 is 10.4 Å². The maximum atomic E-state index is 9.16. The Balaban J connectivity index is 2.07. The van der Waals surface area contributed by atoms with E-state index in [9.17, 15) is 0 Å². The largest absolute Gasteiger partial charge is 0.396 e. The van der Waals surface area contributed by atoms with Crippen LogP contribution in [0.3, 0.4) is 0 Å². The molecule has 0 unspecified atom stereocenters. The molecule has 1 heterocycles. The summed E-state index contributed by atoms with van der Waals surface area (Å²) in [7, 11) is 0. The van der Waals surface area contributed by atoms with Crippen LogP contribution in [0.4, 0.5) is 5.82 Å². The lowest BCUT2D eigenvalue weighted by Gasteiger charge is -2.14. The van der Waals surface area contributed by atoms with Crippen LogP contribution >= 0.6 is 34.8 Å². The maximum Gasteiger partial charge on any atom is 0.150 e. The van der Waals surface area contributed by atoms with Crippen LogP contribution in [0.5, 0.6) is 0 Å². The van der Waals surface area contributed by atoms with Crippen molar-refractivity contribution in [2.24, 2.45) is 5.41 Å². The molecule has 0 amide bonds. The summed E-state index contributed by atoms with van der Waals surface area (Å²) in [5, 5.41) is 13.2. The molecule has 1 aliphatic rings. The van der Waals surface area contributed by atoms with E-state index in [1.807, 2.05) is 0 Å². The van der Waals surface area contributed by atoms with Crippen molar-refractivity contribution in [1.82, 2.24) is 4.98 Å².